The Morgan fingerprint density at radius 1 is 1.03 bits per heavy atom. The molecule has 0 spiro atoms. The molecule has 0 radical (unpaired) electrons. The molecule has 0 aliphatic carbocycles. The zero-order chi connectivity index (χ0) is 20.3. The second-order valence-corrected chi connectivity index (χ2v) is 8.95. The van der Waals surface area contributed by atoms with Gasteiger partial charge in [0.15, 0.2) is 11.4 Å². The Bertz CT molecular complexity index is 1160. The third-order valence-electron chi connectivity index (χ3n) is 5.40. The van der Waals surface area contributed by atoms with Crippen molar-refractivity contribution in [1.29, 1.82) is 0 Å². The van der Waals surface area contributed by atoms with Crippen molar-refractivity contribution >= 4 is 58.1 Å². The first-order valence-electron chi connectivity index (χ1n) is 8.76. The first kappa shape index (κ1) is 18.9. The van der Waals surface area contributed by atoms with Crippen molar-refractivity contribution < 1.29 is 9.59 Å². The molecule has 5 rings (SSSR count). The zero-order valence-corrected chi connectivity index (χ0v) is 17.8. The van der Waals surface area contributed by atoms with Crippen LogP contribution in [0.2, 0.25) is 14.4 Å². The van der Waals surface area contributed by atoms with Crippen LogP contribution in [-0.4, -0.2) is 39.1 Å². The fourth-order valence-corrected chi connectivity index (χ4v) is 5.36. The van der Waals surface area contributed by atoms with Gasteiger partial charge in [-0.05, 0) is 29.7 Å². The minimum Gasteiger partial charge on any atom is -0.306 e. The number of benzene rings is 2. The molecular formula is C20H12Cl3N3O2S. The van der Waals surface area contributed by atoms with E-state index in [2.05, 4.69) is 4.37 Å². The predicted octanol–water partition coefficient (Wildman–Crippen LogP) is 4.92. The lowest BCUT2D eigenvalue weighted by Gasteiger charge is -2.40. The van der Waals surface area contributed by atoms with E-state index in [0.717, 1.165) is 22.7 Å². The van der Waals surface area contributed by atoms with Crippen LogP contribution >= 0.6 is 46.3 Å². The third-order valence-corrected chi connectivity index (χ3v) is 7.26. The van der Waals surface area contributed by atoms with Gasteiger partial charge in [0, 0.05) is 34.8 Å². The number of amides is 2. The van der Waals surface area contributed by atoms with Gasteiger partial charge < -0.3 is 9.80 Å². The van der Waals surface area contributed by atoms with Gasteiger partial charge in [0.05, 0.1) is 0 Å². The fraction of sp³-hybridized carbons (Fsp3) is 0.150. The highest BCUT2D eigenvalue weighted by molar-refractivity contribution is 7.11. The van der Waals surface area contributed by atoms with Crippen LogP contribution < -0.4 is 0 Å². The van der Waals surface area contributed by atoms with Crippen LogP contribution in [0, 0.1) is 0 Å². The molecule has 1 aromatic heterocycles. The molecule has 9 heteroatoms. The van der Waals surface area contributed by atoms with E-state index in [9.17, 15) is 9.59 Å². The Kier molecular flexibility index (Phi) is 4.37. The number of fused-ring (bicyclic) bond motifs is 3. The number of carbonyl (C=O) groups is 2. The maximum absolute atomic E-state index is 13.5. The SMILES string of the molecule is O=C1c2ccccc2C2(c3ccc(Cl)cc3)N1CCN2C(=O)c1nsc(Cl)c1Cl. The maximum Gasteiger partial charge on any atom is 0.277 e. The molecular weight excluding hydrogens is 453 g/mol. The standard InChI is InChI=1S/C20H12Cl3N3O2S/c21-12-7-5-11(6-8-12)20-14-4-2-1-3-13(14)18(27)25(20)9-10-26(20)19(28)16-15(22)17(23)29-24-16/h1-8H,9-10H2. The zero-order valence-electron chi connectivity index (χ0n) is 14.7. The summed E-state index contributed by atoms with van der Waals surface area (Å²) in [4.78, 5) is 30.1. The summed E-state index contributed by atoms with van der Waals surface area (Å²) >= 11 is 19.3. The Morgan fingerprint density at radius 3 is 2.45 bits per heavy atom. The van der Waals surface area contributed by atoms with Gasteiger partial charge in [0.1, 0.15) is 9.36 Å². The van der Waals surface area contributed by atoms with Gasteiger partial charge in [0.2, 0.25) is 0 Å². The van der Waals surface area contributed by atoms with Gasteiger partial charge in [-0.3, -0.25) is 9.59 Å². The molecule has 2 amide bonds. The van der Waals surface area contributed by atoms with Crippen LogP contribution in [0.3, 0.4) is 0 Å². The van der Waals surface area contributed by atoms with Crippen LogP contribution in [0.1, 0.15) is 32.0 Å². The topological polar surface area (TPSA) is 53.5 Å². The fourth-order valence-electron chi connectivity index (χ4n) is 4.25. The number of hydrogen-bond donors (Lipinski definition) is 0. The highest BCUT2D eigenvalue weighted by atomic mass is 35.5. The second kappa shape index (κ2) is 6.71. The van der Waals surface area contributed by atoms with Gasteiger partial charge >= 0.3 is 0 Å². The van der Waals surface area contributed by atoms with E-state index in [-0.39, 0.29) is 26.9 Å². The first-order chi connectivity index (χ1) is 14.0. The van der Waals surface area contributed by atoms with Crippen molar-refractivity contribution in [2.45, 2.75) is 5.66 Å². The average molecular weight is 465 g/mol. The molecule has 3 aromatic rings. The van der Waals surface area contributed by atoms with Crippen LogP contribution in [-0.2, 0) is 5.66 Å². The van der Waals surface area contributed by atoms with E-state index < -0.39 is 5.66 Å². The predicted molar refractivity (Wildman–Crippen MR) is 113 cm³/mol. The van der Waals surface area contributed by atoms with Crippen molar-refractivity contribution in [3.63, 3.8) is 0 Å². The molecule has 1 saturated heterocycles. The Morgan fingerprint density at radius 2 is 1.76 bits per heavy atom. The summed E-state index contributed by atoms with van der Waals surface area (Å²) in [5.74, 6) is -0.492. The number of carbonyl (C=O) groups excluding carboxylic acids is 2. The van der Waals surface area contributed by atoms with Crippen molar-refractivity contribution in [3.05, 3.63) is 85.3 Å². The summed E-state index contributed by atoms with van der Waals surface area (Å²) in [6, 6.07) is 14.5. The van der Waals surface area contributed by atoms with Gasteiger partial charge in [0.25, 0.3) is 11.8 Å². The molecule has 29 heavy (non-hydrogen) atoms. The summed E-state index contributed by atoms with van der Waals surface area (Å²) in [5.41, 5.74) is 1.09. The number of aromatic nitrogens is 1. The summed E-state index contributed by atoms with van der Waals surface area (Å²) < 4.78 is 4.41. The number of halogens is 3. The molecule has 1 fully saturated rings. The molecule has 0 saturated carbocycles. The summed E-state index contributed by atoms with van der Waals surface area (Å²) in [6.07, 6.45) is 0. The van der Waals surface area contributed by atoms with Crippen molar-refractivity contribution in [3.8, 4) is 0 Å². The highest BCUT2D eigenvalue weighted by Crippen LogP contribution is 2.50. The van der Waals surface area contributed by atoms with Gasteiger partial charge in [-0.15, -0.1) is 0 Å². The largest absolute Gasteiger partial charge is 0.306 e. The molecule has 1 unspecified atom stereocenters. The van der Waals surface area contributed by atoms with Gasteiger partial charge in [-0.2, -0.15) is 4.37 Å². The second-order valence-electron chi connectivity index (χ2n) is 6.76. The number of rotatable bonds is 2. The molecule has 2 aliphatic heterocycles. The van der Waals surface area contributed by atoms with Crippen molar-refractivity contribution in [2.75, 3.05) is 13.1 Å². The van der Waals surface area contributed by atoms with Crippen LogP contribution in [0.15, 0.2) is 48.5 Å². The van der Waals surface area contributed by atoms with E-state index >= 15 is 0 Å². The normalized spacial score (nSPS) is 20.2. The van der Waals surface area contributed by atoms with E-state index in [4.69, 9.17) is 34.8 Å². The molecule has 0 N–H and O–H groups in total. The molecule has 2 aromatic carbocycles. The van der Waals surface area contributed by atoms with Crippen molar-refractivity contribution in [1.82, 2.24) is 14.2 Å². The Hall–Kier alpha value is -2.12. The van der Waals surface area contributed by atoms with Crippen LogP contribution in [0.5, 0.6) is 0 Å². The van der Waals surface area contributed by atoms with Gasteiger partial charge in [-0.25, -0.2) is 0 Å². The minimum absolute atomic E-state index is 0.0914. The molecule has 3 heterocycles. The summed E-state index contributed by atoms with van der Waals surface area (Å²) in [6.45, 7) is 0.727. The van der Waals surface area contributed by atoms with Gasteiger partial charge in [-0.1, -0.05) is 65.1 Å². The average Bonchev–Trinajstić information content (AvgIpc) is 3.35. The molecule has 5 nitrogen and oxygen atoms in total. The van der Waals surface area contributed by atoms with E-state index in [1.807, 2.05) is 30.3 Å². The lowest BCUT2D eigenvalue weighted by molar-refractivity contribution is 0.0372. The monoisotopic (exact) mass is 463 g/mol. The Balaban J connectivity index is 1.76. The quantitative estimate of drug-likeness (QED) is 0.541. The minimum atomic E-state index is -1.09. The van der Waals surface area contributed by atoms with E-state index in [0.29, 0.717) is 23.7 Å². The number of hydrogen-bond acceptors (Lipinski definition) is 4. The van der Waals surface area contributed by atoms with Crippen molar-refractivity contribution in [2.24, 2.45) is 0 Å². The lowest BCUT2D eigenvalue weighted by atomic mass is 9.89. The van der Waals surface area contributed by atoms with Crippen LogP contribution in [0.25, 0.3) is 0 Å². The van der Waals surface area contributed by atoms with E-state index in [1.54, 1.807) is 28.0 Å². The first-order valence-corrected chi connectivity index (χ1v) is 10.7. The van der Waals surface area contributed by atoms with E-state index in [1.165, 1.54) is 0 Å². The molecule has 0 bridgehead atoms. The van der Waals surface area contributed by atoms with Crippen LogP contribution in [0.4, 0.5) is 0 Å². The molecule has 1 atom stereocenters. The summed E-state index contributed by atoms with van der Waals surface area (Å²) in [5, 5.41) is 0.698. The highest BCUT2D eigenvalue weighted by Gasteiger charge is 2.60. The molecule has 2 aliphatic rings. The lowest BCUT2D eigenvalue weighted by Crippen LogP contribution is -2.51. The summed E-state index contributed by atoms with van der Waals surface area (Å²) in [7, 11) is 0. The third kappa shape index (κ3) is 2.50. The Labute approximate surface area is 185 Å². The smallest absolute Gasteiger partial charge is 0.277 e. The maximum atomic E-state index is 13.5. The molecule has 146 valence electrons. The number of nitrogens with zero attached hydrogens (tertiary/aromatic N) is 3.